The van der Waals surface area contributed by atoms with E-state index in [-0.39, 0.29) is 17.1 Å². The zero-order valence-corrected chi connectivity index (χ0v) is 21.0. The third kappa shape index (κ3) is 5.72. The number of phenols is 1. The first kappa shape index (κ1) is 24.5. The van der Waals surface area contributed by atoms with E-state index in [1.54, 1.807) is 48.5 Å². The summed E-state index contributed by atoms with van der Waals surface area (Å²) in [7, 11) is 0. The van der Waals surface area contributed by atoms with Crippen LogP contribution in [0.15, 0.2) is 86.3 Å². The summed E-state index contributed by atoms with van der Waals surface area (Å²) in [5, 5.41) is 15.0. The minimum absolute atomic E-state index is 0.0242. The summed E-state index contributed by atoms with van der Waals surface area (Å²) in [6, 6.07) is 19.4. The van der Waals surface area contributed by atoms with Crippen LogP contribution in [0.2, 0.25) is 0 Å². The van der Waals surface area contributed by atoms with E-state index < -0.39 is 5.91 Å². The Hall–Kier alpha value is -3.63. The average Bonchev–Trinajstić information content (AvgIpc) is 2.86. The predicted molar refractivity (Wildman–Crippen MR) is 141 cm³/mol. The quantitative estimate of drug-likeness (QED) is 0.144. The lowest BCUT2D eigenvalue weighted by atomic mass is 10.2. The lowest BCUT2D eigenvalue weighted by Crippen LogP contribution is -2.24. The molecule has 10 heteroatoms. The van der Waals surface area contributed by atoms with Crippen LogP contribution in [0.4, 0.5) is 0 Å². The number of benzene rings is 3. The lowest BCUT2D eigenvalue weighted by molar-refractivity contribution is -0.118. The number of fused-ring (bicyclic) bond motifs is 1. The number of para-hydroxylation sites is 2. The molecule has 0 fully saturated rings. The number of ether oxygens (including phenoxy) is 1. The fourth-order valence-corrected chi connectivity index (χ4v) is 4.35. The molecule has 3 aromatic carbocycles. The third-order valence-electron chi connectivity index (χ3n) is 4.89. The summed E-state index contributed by atoms with van der Waals surface area (Å²) < 4.78 is 7.72. The van der Waals surface area contributed by atoms with Gasteiger partial charge in [0.05, 0.1) is 35.2 Å². The van der Waals surface area contributed by atoms with Gasteiger partial charge in [0.1, 0.15) is 0 Å². The number of nitrogens with one attached hydrogen (secondary N) is 1. The van der Waals surface area contributed by atoms with Gasteiger partial charge in [-0.2, -0.15) is 5.10 Å². The molecule has 0 saturated heterocycles. The molecule has 0 aliphatic heterocycles. The molecule has 0 spiro atoms. The average molecular weight is 553 g/mol. The van der Waals surface area contributed by atoms with Gasteiger partial charge in [-0.05, 0) is 55.5 Å². The summed E-state index contributed by atoms with van der Waals surface area (Å²) in [5.41, 5.74) is 3.82. The smallest absolute Gasteiger partial charge is 0.266 e. The van der Waals surface area contributed by atoms with Gasteiger partial charge in [-0.25, -0.2) is 10.4 Å². The maximum absolute atomic E-state index is 13.3. The minimum Gasteiger partial charge on any atom is -0.504 e. The molecule has 0 aliphatic rings. The number of phenolic OH excluding ortho intramolecular Hbond substituents is 1. The van der Waals surface area contributed by atoms with E-state index in [9.17, 15) is 14.7 Å². The first-order valence-electron chi connectivity index (χ1n) is 10.6. The molecule has 1 heterocycles. The van der Waals surface area contributed by atoms with Gasteiger partial charge in [0, 0.05) is 10.0 Å². The summed E-state index contributed by atoms with van der Waals surface area (Å²) >= 11 is 4.53. The SMILES string of the molecule is CCOc1cccc(/C=N/NC(=O)CSc2nc3ccccc3c(=O)n2-c2ccc(Br)cc2)c1O. The van der Waals surface area contributed by atoms with Crippen molar-refractivity contribution in [3.63, 3.8) is 0 Å². The van der Waals surface area contributed by atoms with Crippen molar-refractivity contribution >= 4 is 50.7 Å². The standard InChI is InChI=1S/C25H21BrN4O4S/c1-2-34-21-9-5-6-16(23(21)32)14-27-29-22(31)15-35-25-28-20-8-4-3-7-19(20)24(33)30(25)18-12-10-17(26)11-13-18/h3-14,32H,2,15H2,1H3,(H,29,31)/b27-14+. The zero-order chi connectivity index (χ0) is 24.8. The van der Waals surface area contributed by atoms with Crippen LogP contribution < -0.4 is 15.7 Å². The Morgan fingerprint density at radius 2 is 1.94 bits per heavy atom. The zero-order valence-electron chi connectivity index (χ0n) is 18.6. The van der Waals surface area contributed by atoms with Gasteiger partial charge in [0.2, 0.25) is 0 Å². The fourth-order valence-electron chi connectivity index (χ4n) is 3.28. The van der Waals surface area contributed by atoms with Crippen LogP contribution in [-0.4, -0.2) is 39.1 Å². The number of nitrogens with zero attached hydrogens (tertiary/aromatic N) is 3. The van der Waals surface area contributed by atoms with E-state index >= 15 is 0 Å². The number of carbonyl (C=O) groups is 1. The van der Waals surface area contributed by atoms with E-state index in [4.69, 9.17) is 4.74 Å². The number of rotatable bonds is 8. The highest BCUT2D eigenvalue weighted by Gasteiger charge is 2.15. The van der Waals surface area contributed by atoms with Crippen molar-refractivity contribution in [1.29, 1.82) is 0 Å². The number of carbonyl (C=O) groups excluding carboxylic acids is 1. The number of hydrogen-bond donors (Lipinski definition) is 2. The highest BCUT2D eigenvalue weighted by atomic mass is 79.9. The highest BCUT2D eigenvalue weighted by Crippen LogP contribution is 2.28. The molecule has 35 heavy (non-hydrogen) atoms. The molecule has 1 amide bonds. The maximum atomic E-state index is 13.3. The van der Waals surface area contributed by atoms with Crippen LogP contribution in [-0.2, 0) is 4.79 Å². The second kappa shape index (κ2) is 11.2. The Kier molecular flexibility index (Phi) is 7.84. The molecule has 0 saturated carbocycles. The normalized spacial score (nSPS) is 11.1. The maximum Gasteiger partial charge on any atom is 0.266 e. The fraction of sp³-hybridized carbons (Fsp3) is 0.120. The van der Waals surface area contributed by atoms with Crippen molar-refractivity contribution in [2.24, 2.45) is 5.10 Å². The van der Waals surface area contributed by atoms with Crippen LogP contribution in [0.3, 0.4) is 0 Å². The molecule has 2 N–H and O–H groups in total. The van der Waals surface area contributed by atoms with Crippen molar-refractivity contribution in [3.8, 4) is 17.2 Å². The number of hydrogen-bond acceptors (Lipinski definition) is 7. The minimum atomic E-state index is -0.392. The van der Waals surface area contributed by atoms with Gasteiger partial charge in [0.15, 0.2) is 16.7 Å². The Labute approximate surface area is 213 Å². The number of thioether (sulfide) groups is 1. The molecule has 0 bridgehead atoms. The summed E-state index contributed by atoms with van der Waals surface area (Å²) in [4.78, 5) is 30.3. The van der Waals surface area contributed by atoms with Crippen molar-refractivity contribution in [2.75, 3.05) is 12.4 Å². The molecule has 4 rings (SSSR count). The van der Waals surface area contributed by atoms with Crippen molar-refractivity contribution in [2.45, 2.75) is 12.1 Å². The topological polar surface area (TPSA) is 106 Å². The van der Waals surface area contributed by atoms with Crippen LogP contribution >= 0.6 is 27.7 Å². The number of hydrazone groups is 1. The summed E-state index contributed by atoms with van der Waals surface area (Å²) in [6.45, 7) is 2.23. The van der Waals surface area contributed by atoms with Gasteiger partial charge in [0.25, 0.3) is 11.5 Å². The molecule has 8 nitrogen and oxygen atoms in total. The molecule has 0 aliphatic carbocycles. The van der Waals surface area contributed by atoms with Crippen molar-refractivity contribution in [3.05, 3.63) is 87.1 Å². The van der Waals surface area contributed by atoms with E-state index in [1.807, 2.05) is 25.1 Å². The first-order chi connectivity index (χ1) is 17.0. The molecule has 4 aromatic rings. The van der Waals surface area contributed by atoms with Crippen LogP contribution in [0.1, 0.15) is 12.5 Å². The molecule has 178 valence electrons. The first-order valence-corrected chi connectivity index (χ1v) is 12.4. The molecule has 0 atom stereocenters. The largest absolute Gasteiger partial charge is 0.504 e. The number of aromatic nitrogens is 2. The van der Waals surface area contributed by atoms with E-state index in [2.05, 4.69) is 31.4 Å². The van der Waals surface area contributed by atoms with Crippen molar-refractivity contribution < 1.29 is 14.6 Å². The number of halogens is 1. The Morgan fingerprint density at radius 3 is 2.71 bits per heavy atom. The summed E-state index contributed by atoms with van der Waals surface area (Å²) in [6.07, 6.45) is 1.34. The van der Waals surface area contributed by atoms with Crippen LogP contribution in [0.5, 0.6) is 11.5 Å². The van der Waals surface area contributed by atoms with E-state index in [1.165, 1.54) is 10.8 Å². The van der Waals surface area contributed by atoms with E-state index in [0.29, 0.717) is 39.7 Å². The number of aromatic hydroxyl groups is 1. The van der Waals surface area contributed by atoms with Gasteiger partial charge < -0.3 is 9.84 Å². The van der Waals surface area contributed by atoms with Crippen molar-refractivity contribution in [1.82, 2.24) is 15.0 Å². The molecule has 1 aromatic heterocycles. The summed E-state index contributed by atoms with van der Waals surface area (Å²) in [5.74, 6) is -0.132. The molecular formula is C25H21BrN4O4S. The molecule has 0 radical (unpaired) electrons. The second-order valence-corrected chi connectivity index (χ2v) is 9.10. The Balaban J connectivity index is 1.53. The van der Waals surface area contributed by atoms with Gasteiger partial charge >= 0.3 is 0 Å². The highest BCUT2D eigenvalue weighted by molar-refractivity contribution is 9.10. The molecular weight excluding hydrogens is 532 g/mol. The third-order valence-corrected chi connectivity index (χ3v) is 6.35. The monoisotopic (exact) mass is 552 g/mol. The van der Waals surface area contributed by atoms with Gasteiger partial charge in [-0.1, -0.05) is 45.9 Å². The number of amides is 1. The predicted octanol–water partition coefficient (Wildman–Crippen LogP) is 4.49. The Bertz CT molecular complexity index is 1450. The second-order valence-electron chi connectivity index (χ2n) is 7.24. The van der Waals surface area contributed by atoms with Gasteiger partial charge in [-0.3, -0.25) is 14.2 Å². The molecule has 0 unspecified atom stereocenters. The Morgan fingerprint density at radius 1 is 1.17 bits per heavy atom. The van der Waals surface area contributed by atoms with Crippen LogP contribution in [0, 0.1) is 0 Å². The van der Waals surface area contributed by atoms with Crippen LogP contribution in [0.25, 0.3) is 16.6 Å². The van der Waals surface area contributed by atoms with Gasteiger partial charge in [-0.15, -0.1) is 0 Å². The lowest BCUT2D eigenvalue weighted by Gasteiger charge is -2.13. The van der Waals surface area contributed by atoms with E-state index in [0.717, 1.165) is 16.2 Å².